The summed E-state index contributed by atoms with van der Waals surface area (Å²) in [7, 11) is 0. The number of hydrogen-bond acceptors (Lipinski definition) is 3. The highest BCUT2D eigenvalue weighted by Gasteiger charge is 2.34. The van der Waals surface area contributed by atoms with E-state index in [2.05, 4.69) is 0 Å². The van der Waals surface area contributed by atoms with Crippen LogP contribution < -0.4 is 0 Å². The maximum atomic E-state index is 12.9. The first-order valence-corrected chi connectivity index (χ1v) is 9.52. The minimum atomic E-state index is -0.244. The zero-order chi connectivity index (χ0) is 18.8. The number of hydrogen-bond donors (Lipinski definition) is 0. The molecule has 3 aromatic carbocycles. The zero-order valence-corrected chi connectivity index (χ0v) is 15.2. The molecule has 1 aliphatic heterocycles. The Morgan fingerprint density at radius 3 is 1.89 bits per heavy atom. The quantitative estimate of drug-likeness (QED) is 0.468. The number of rotatable bonds is 5. The largest absolute Gasteiger partial charge is 0.270 e. The van der Waals surface area contributed by atoms with Crippen molar-refractivity contribution in [2.24, 2.45) is 0 Å². The van der Waals surface area contributed by atoms with E-state index in [0.29, 0.717) is 11.1 Å². The lowest BCUT2D eigenvalue weighted by atomic mass is 10.1. The van der Waals surface area contributed by atoms with Crippen molar-refractivity contribution in [2.75, 3.05) is 0 Å². The molecule has 0 radical (unpaired) electrons. The van der Waals surface area contributed by atoms with E-state index in [-0.39, 0.29) is 24.2 Å². The maximum Gasteiger partial charge on any atom is 0.261 e. The Hall–Kier alpha value is -2.92. The number of imide groups is 1. The molecule has 4 rings (SSSR count). The van der Waals surface area contributed by atoms with Crippen LogP contribution in [0.2, 0.25) is 0 Å². The van der Waals surface area contributed by atoms with Crippen molar-refractivity contribution in [1.82, 2.24) is 4.90 Å². The standard InChI is InChI=1S/C22H16FNO2S/c23-17-9-11-18(12-10-17)27-14-16-7-5-15(6-8-16)13-24-21(25)19-3-1-2-4-20(19)22(24)26/h1-12H,13-14H2. The number of thioether (sulfide) groups is 1. The Labute approximate surface area is 160 Å². The van der Waals surface area contributed by atoms with Crippen molar-refractivity contribution >= 4 is 23.6 Å². The van der Waals surface area contributed by atoms with Crippen LogP contribution in [0.15, 0.2) is 77.7 Å². The molecule has 0 aromatic heterocycles. The van der Waals surface area contributed by atoms with Crippen LogP contribution in [0.3, 0.4) is 0 Å². The Kier molecular flexibility index (Phi) is 4.77. The van der Waals surface area contributed by atoms with Gasteiger partial charge in [0.2, 0.25) is 0 Å². The van der Waals surface area contributed by atoms with Gasteiger partial charge in [-0.25, -0.2) is 4.39 Å². The minimum Gasteiger partial charge on any atom is -0.270 e. The topological polar surface area (TPSA) is 37.4 Å². The summed E-state index contributed by atoms with van der Waals surface area (Å²) in [6.07, 6.45) is 0. The van der Waals surface area contributed by atoms with Crippen LogP contribution in [0.4, 0.5) is 4.39 Å². The first kappa shape index (κ1) is 17.5. The summed E-state index contributed by atoms with van der Waals surface area (Å²) in [4.78, 5) is 27.2. The molecule has 3 nitrogen and oxygen atoms in total. The van der Waals surface area contributed by atoms with Gasteiger partial charge in [-0.15, -0.1) is 11.8 Å². The Balaban J connectivity index is 1.40. The second kappa shape index (κ2) is 7.37. The predicted molar refractivity (Wildman–Crippen MR) is 103 cm³/mol. The van der Waals surface area contributed by atoms with Gasteiger partial charge in [0.05, 0.1) is 17.7 Å². The lowest BCUT2D eigenvalue weighted by Crippen LogP contribution is -2.29. The average Bonchev–Trinajstić information content (AvgIpc) is 2.94. The van der Waals surface area contributed by atoms with Crippen molar-refractivity contribution in [3.8, 4) is 0 Å². The highest BCUT2D eigenvalue weighted by Crippen LogP contribution is 2.26. The molecule has 0 saturated carbocycles. The lowest BCUT2D eigenvalue weighted by molar-refractivity contribution is 0.0642. The number of nitrogens with zero attached hydrogens (tertiary/aromatic N) is 1. The third kappa shape index (κ3) is 3.64. The van der Waals surface area contributed by atoms with Crippen LogP contribution in [0, 0.1) is 5.82 Å². The summed E-state index contributed by atoms with van der Waals surface area (Å²) in [6, 6.07) is 21.2. The van der Waals surface area contributed by atoms with E-state index in [0.717, 1.165) is 21.8 Å². The molecule has 0 N–H and O–H groups in total. The molecule has 0 unspecified atom stereocenters. The van der Waals surface area contributed by atoms with Gasteiger partial charge in [-0.1, -0.05) is 36.4 Å². The highest BCUT2D eigenvalue weighted by atomic mass is 32.2. The molecule has 0 bridgehead atoms. The third-order valence-corrected chi connectivity index (χ3v) is 5.54. The Morgan fingerprint density at radius 1 is 0.741 bits per heavy atom. The van der Waals surface area contributed by atoms with Crippen LogP contribution in [0.25, 0.3) is 0 Å². The summed E-state index contributed by atoms with van der Waals surface area (Å²) in [5.41, 5.74) is 2.96. The average molecular weight is 377 g/mol. The van der Waals surface area contributed by atoms with Crippen molar-refractivity contribution in [1.29, 1.82) is 0 Å². The molecule has 0 spiro atoms. The van der Waals surface area contributed by atoms with Crippen molar-refractivity contribution in [3.05, 3.63) is 101 Å². The molecule has 0 aliphatic carbocycles. The van der Waals surface area contributed by atoms with Gasteiger partial charge in [-0.05, 0) is 47.5 Å². The number of fused-ring (bicyclic) bond motifs is 1. The SMILES string of the molecule is O=C1c2ccccc2C(=O)N1Cc1ccc(CSc2ccc(F)cc2)cc1. The van der Waals surface area contributed by atoms with Crippen LogP contribution in [0.1, 0.15) is 31.8 Å². The molecule has 2 amide bonds. The van der Waals surface area contributed by atoms with E-state index in [4.69, 9.17) is 0 Å². The zero-order valence-electron chi connectivity index (χ0n) is 14.4. The summed E-state index contributed by atoms with van der Waals surface area (Å²) in [6.45, 7) is 0.262. The summed E-state index contributed by atoms with van der Waals surface area (Å²) in [5.74, 6) is 0.0359. The molecule has 1 heterocycles. The molecule has 3 aromatic rings. The van der Waals surface area contributed by atoms with Crippen LogP contribution >= 0.6 is 11.8 Å². The van der Waals surface area contributed by atoms with Gasteiger partial charge < -0.3 is 0 Å². The fraction of sp³-hybridized carbons (Fsp3) is 0.0909. The van der Waals surface area contributed by atoms with E-state index in [9.17, 15) is 14.0 Å². The van der Waals surface area contributed by atoms with Gasteiger partial charge in [0.15, 0.2) is 0 Å². The fourth-order valence-corrected chi connectivity index (χ4v) is 3.86. The van der Waals surface area contributed by atoms with Crippen molar-refractivity contribution in [2.45, 2.75) is 17.2 Å². The smallest absolute Gasteiger partial charge is 0.261 e. The van der Waals surface area contributed by atoms with Crippen molar-refractivity contribution in [3.63, 3.8) is 0 Å². The molecule has 1 aliphatic rings. The first-order valence-electron chi connectivity index (χ1n) is 8.53. The predicted octanol–water partition coefficient (Wildman–Crippen LogP) is 4.91. The van der Waals surface area contributed by atoms with E-state index in [1.165, 1.54) is 17.0 Å². The number of benzene rings is 3. The van der Waals surface area contributed by atoms with E-state index in [1.54, 1.807) is 48.2 Å². The summed E-state index contributed by atoms with van der Waals surface area (Å²) >= 11 is 1.63. The summed E-state index contributed by atoms with van der Waals surface area (Å²) < 4.78 is 12.9. The fourth-order valence-electron chi connectivity index (χ4n) is 3.00. The minimum absolute atomic E-state index is 0.239. The van der Waals surface area contributed by atoms with Gasteiger partial charge >= 0.3 is 0 Å². The molecule has 0 atom stereocenters. The van der Waals surface area contributed by atoms with Crippen LogP contribution in [-0.4, -0.2) is 16.7 Å². The molecule has 134 valence electrons. The van der Waals surface area contributed by atoms with Gasteiger partial charge in [0.25, 0.3) is 11.8 Å². The maximum absolute atomic E-state index is 12.9. The van der Waals surface area contributed by atoms with E-state index >= 15 is 0 Å². The molecular formula is C22H16FNO2S. The van der Waals surface area contributed by atoms with Crippen LogP contribution in [0.5, 0.6) is 0 Å². The van der Waals surface area contributed by atoms with E-state index < -0.39 is 0 Å². The Bertz CT molecular complexity index is 965. The van der Waals surface area contributed by atoms with Gasteiger partial charge in [-0.2, -0.15) is 0 Å². The van der Waals surface area contributed by atoms with Crippen molar-refractivity contribution < 1.29 is 14.0 Å². The molecule has 0 fully saturated rings. The molecular weight excluding hydrogens is 361 g/mol. The van der Waals surface area contributed by atoms with Gasteiger partial charge in [-0.3, -0.25) is 14.5 Å². The normalized spacial score (nSPS) is 13.1. The Morgan fingerprint density at radius 2 is 1.30 bits per heavy atom. The first-order chi connectivity index (χ1) is 13.1. The number of amides is 2. The monoisotopic (exact) mass is 377 g/mol. The molecule has 5 heteroatoms. The highest BCUT2D eigenvalue weighted by molar-refractivity contribution is 7.98. The summed E-state index contributed by atoms with van der Waals surface area (Å²) in [5, 5.41) is 0. The van der Waals surface area contributed by atoms with Gasteiger partial charge in [0, 0.05) is 10.6 Å². The third-order valence-electron chi connectivity index (χ3n) is 4.46. The van der Waals surface area contributed by atoms with E-state index in [1.807, 2.05) is 24.3 Å². The molecule has 27 heavy (non-hydrogen) atoms. The second-order valence-corrected chi connectivity index (χ2v) is 7.35. The van der Waals surface area contributed by atoms with Gasteiger partial charge in [0.1, 0.15) is 5.82 Å². The van der Waals surface area contributed by atoms with Crippen LogP contribution in [-0.2, 0) is 12.3 Å². The number of carbonyl (C=O) groups is 2. The lowest BCUT2D eigenvalue weighted by Gasteiger charge is -2.14. The second-order valence-electron chi connectivity index (χ2n) is 6.30. The molecule has 0 saturated heterocycles. The number of carbonyl (C=O) groups excluding carboxylic acids is 2. The number of halogens is 1.